The molecule has 3 aromatic carbocycles. The van der Waals surface area contributed by atoms with E-state index in [2.05, 4.69) is 75.6 Å². The average Bonchev–Trinajstić information content (AvgIpc) is 3.52. The van der Waals surface area contributed by atoms with Gasteiger partial charge in [-0.15, -0.1) is 0 Å². The predicted octanol–water partition coefficient (Wildman–Crippen LogP) is 6.90. The molecule has 0 radical (unpaired) electrons. The van der Waals surface area contributed by atoms with E-state index in [0.29, 0.717) is 6.61 Å². The summed E-state index contributed by atoms with van der Waals surface area (Å²) in [5.41, 5.74) is 7.71. The van der Waals surface area contributed by atoms with E-state index in [-0.39, 0.29) is 0 Å². The predicted molar refractivity (Wildman–Crippen MR) is 138 cm³/mol. The zero-order valence-corrected chi connectivity index (χ0v) is 19.4. The smallest absolute Gasteiger partial charge is 0.128 e. The van der Waals surface area contributed by atoms with Crippen molar-refractivity contribution < 1.29 is 4.74 Å². The summed E-state index contributed by atoms with van der Waals surface area (Å²) in [4.78, 5) is 16.2. The monoisotopic (exact) mass is 446 g/mol. The van der Waals surface area contributed by atoms with Crippen LogP contribution in [-0.2, 0) is 19.4 Å². The number of rotatable bonds is 5. The zero-order valence-electron chi connectivity index (χ0n) is 19.4. The summed E-state index contributed by atoms with van der Waals surface area (Å²) in [6.45, 7) is 4.59. The van der Waals surface area contributed by atoms with E-state index in [9.17, 15) is 0 Å². The van der Waals surface area contributed by atoms with Crippen molar-refractivity contribution in [2.24, 2.45) is 0 Å². The van der Waals surface area contributed by atoms with Crippen LogP contribution in [0.1, 0.15) is 31.1 Å². The van der Waals surface area contributed by atoms with Crippen molar-refractivity contribution >= 4 is 21.8 Å². The largest absolute Gasteiger partial charge is 0.488 e. The molecule has 2 aromatic heterocycles. The number of H-pyrrole nitrogens is 2. The third-order valence-electron chi connectivity index (χ3n) is 6.43. The second kappa shape index (κ2) is 8.34. The van der Waals surface area contributed by atoms with Crippen LogP contribution in [0.15, 0.2) is 73.0 Å². The molecular weight excluding hydrogens is 420 g/mol. The number of fused-ring (bicyclic) bond motifs is 6. The molecule has 0 fully saturated rings. The van der Waals surface area contributed by atoms with Crippen molar-refractivity contribution in [3.05, 3.63) is 90.2 Å². The van der Waals surface area contributed by atoms with Gasteiger partial charge in [-0.1, -0.05) is 36.4 Å². The molecule has 5 aromatic rings. The highest BCUT2D eigenvalue weighted by Crippen LogP contribution is 2.42. The van der Waals surface area contributed by atoms with E-state index in [4.69, 9.17) is 9.72 Å². The Bertz CT molecular complexity index is 1590. The molecule has 0 bridgehead atoms. The van der Waals surface area contributed by atoms with E-state index in [1.807, 2.05) is 26.1 Å². The summed E-state index contributed by atoms with van der Waals surface area (Å²) in [7, 11) is 0. The van der Waals surface area contributed by atoms with Crippen LogP contribution >= 0.6 is 0 Å². The number of allylic oxidation sites excluding steroid dienone is 4. The summed E-state index contributed by atoms with van der Waals surface area (Å²) in [5.74, 6) is 2.85. The molecule has 168 valence electrons. The van der Waals surface area contributed by atoms with Gasteiger partial charge in [0.2, 0.25) is 0 Å². The second-order valence-corrected chi connectivity index (χ2v) is 8.67. The first-order valence-corrected chi connectivity index (χ1v) is 11.7. The molecule has 34 heavy (non-hydrogen) atoms. The Morgan fingerprint density at radius 2 is 1.76 bits per heavy atom. The van der Waals surface area contributed by atoms with Crippen LogP contribution in [-0.4, -0.2) is 19.9 Å². The van der Waals surface area contributed by atoms with Crippen LogP contribution in [0.3, 0.4) is 0 Å². The van der Waals surface area contributed by atoms with Crippen molar-refractivity contribution in [3.63, 3.8) is 0 Å². The number of benzene rings is 3. The molecule has 0 amide bonds. The maximum absolute atomic E-state index is 6.22. The molecule has 0 atom stereocenters. The highest BCUT2D eigenvalue weighted by Gasteiger charge is 2.20. The number of nitrogens with one attached hydrogen (secondary N) is 2. The Morgan fingerprint density at radius 3 is 2.62 bits per heavy atom. The molecule has 0 saturated heterocycles. The van der Waals surface area contributed by atoms with Gasteiger partial charge >= 0.3 is 0 Å². The van der Waals surface area contributed by atoms with E-state index in [1.165, 1.54) is 16.5 Å². The first-order valence-electron chi connectivity index (χ1n) is 11.7. The van der Waals surface area contributed by atoms with Crippen molar-refractivity contribution in [1.82, 2.24) is 19.9 Å². The number of hydrogen-bond acceptors (Lipinski definition) is 3. The quantitative estimate of drug-likeness (QED) is 0.289. The van der Waals surface area contributed by atoms with Gasteiger partial charge in [-0.05, 0) is 60.7 Å². The van der Waals surface area contributed by atoms with Crippen LogP contribution < -0.4 is 4.74 Å². The van der Waals surface area contributed by atoms with Gasteiger partial charge < -0.3 is 14.7 Å². The normalized spacial score (nSPS) is 13.1. The van der Waals surface area contributed by atoms with Crippen molar-refractivity contribution in [3.8, 4) is 28.1 Å². The lowest BCUT2D eigenvalue weighted by Gasteiger charge is -2.22. The Labute approximate surface area is 198 Å². The average molecular weight is 447 g/mol. The molecule has 5 nitrogen and oxygen atoms in total. The summed E-state index contributed by atoms with van der Waals surface area (Å²) in [6.07, 6.45) is 11.8. The van der Waals surface area contributed by atoms with E-state index >= 15 is 0 Å². The van der Waals surface area contributed by atoms with Crippen LogP contribution in [0.2, 0.25) is 0 Å². The lowest BCUT2D eigenvalue weighted by molar-refractivity contribution is 0.302. The standard InChI is InChI=1S/C29H26N4O/c1-3-5-7-27-30-16-25(32-27)19-9-11-21-22-13-18-10-12-24-29(33-28(31-24)8-6-4-2)23(18)14-20(22)17-34-26(21)15-19/h3-6,9-16H,7-8,17H2,1-2H3,(H,30,32)(H,31,33). The van der Waals surface area contributed by atoms with Gasteiger partial charge in [0.25, 0.3) is 0 Å². The second-order valence-electron chi connectivity index (χ2n) is 8.67. The Kier molecular flexibility index (Phi) is 5.02. The first kappa shape index (κ1) is 20.5. The maximum atomic E-state index is 6.22. The van der Waals surface area contributed by atoms with Crippen LogP contribution in [0.5, 0.6) is 5.75 Å². The van der Waals surface area contributed by atoms with Crippen molar-refractivity contribution in [2.45, 2.75) is 33.3 Å². The number of aromatic amines is 2. The van der Waals surface area contributed by atoms with Crippen LogP contribution in [0, 0.1) is 0 Å². The molecule has 0 saturated carbocycles. The summed E-state index contributed by atoms with van der Waals surface area (Å²) >= 11 is 0. The van der Waals surface area contributed by atoms with Gasteiger partial charge in [-0.3, -0.25) is 0 Å². The molecule has 1 aliphatic heterocycles. The lowest BCUT2D eigenvalue weighted by atomic mass is 9.92. The minimum Gasteiger partial charge on any atom is -0.488 e. The van der Waals surface area contributed by atoms with Crippen molar-refractivity contribution in [2.75, 3.05) is 0 Å². The Hall–Kier alpha value is -4.12. The first-order chi connectivity index (χ1) is 16.7. The van der Waals surface area contributed by atoms with Gasteiger partial charge in [-0.25, -0.2) is 9.97 Å². The van der Waals surface area contributed by atoms with Crippen LogP contribution in [0.4, 0.5) is 0 Å². The maximum Gasteiger partial charge on any atom is 0.128 e. The fourth-order valence-electron chi connectivity index (χ4n) is 4.67. The minimum atomic E-state index is 0.545. The molecule has 5 heteroatoms. The van der Waals surface area contributed by atoms with E-state index < -0.39 is 0 Å². The van der Waals surface area contributed by atoms with Crippen molar-refractivity contribution in [1.29, 1.82) is 0 Å². The highest BCUT2D eigenvalue weighted by molar-refractivity contribution is 6.06. The van der Waals surface area contributed by atoms with Gasteiger partial charge in [0.15, 0.2) is 0 Å². The Balaban J connectivity index is 1.39. The van der Waals surface area contributed by atoms with E-state index in [0.717, 1.165) is 63.5 Å². The number of imidazole rings is 2. The molecule has 0 spiro atoms. The summed E-state index contributed by atoms with van der Waals surface area (Å²) in [5, 5.41) is 2.35. The highest BCUT2D eigenvalue weighted by atomic mass is 16.5. The number of ether oxygens (including phenoxy) is 1. The molecule has 0 unspecified atom stereocenters. The van der Waals surface area contributed by atoms with Gasteiger partial charge in [0, 0.05) is 29.4 Å². The van der Waals surface area contributed by atoms with Gasteiger partial charge in [-0.2, -0.15) is 0 Å². The summed E-state index contributed by atoms with van der Waals surface area (Å²) in [6, 6.07) is 15.2. The third-order valence-corrected chi connectivity index (χ3v) is 6.43. The molecule has 1 aliphatic rings. The number of hydrogen-bond donors (Lipinski definition) is 2. The molecule has 6 rings (SSSR count). The van der Waals surface area contributed by atoms with Gasteiger partial charge in [0.05, 0.1) is 22.9 Å². The fourth-order valence-corrected chi connectivity index (χ4v) is 4.67. The third kappa shape index (κ3) is 3.50. The SMILES string of the molecule is CC=CCc1ncc(-c2ccc3c(c2)OCc2cc4c(ccc5[nH]c(CC=CC)nc54)cc2-3)[nH]1. The van der Waals surface area contributed by atoms with E-state index in [1.54, 1.807) is 0 Å². The van der Waals surface area contributed by atoms with Crippen LogP contribution in [0.25, 0.3) is 44.2 Å². The Morgan fingerprint density at radius 1 is 0.912 bits per heavy atom. The number of aromatic nitrogens is 4. The number of nitrogens with zero attached hydrogens (tertiary/aromatic N) is 2. The van der Waals surface area contributed by atoms with Gasteiger partial charge in [0.1, 0.15) is 24.0 Å². The molecular formula is C29H26N4O. The molecule has 2 N–H and O–H groups in total. The molecule has 3 heterocycles. The zero-order chi connectivity index (χ0) is 23.1. The lowest BCUT2D eigenvalue weighted by Crippen LogP contribution is -2.05. The fraction of sp³-hybridized carbons (Fsp3) is 0.172. The summed E-state index contributed by atoms with van der Waals surface area (Å²) < 4.78 is 6.22. The topological polar surface area (TPSA) is 66.6 Å². The minimum absolute atomic E-state index is 0.545. The molecule has 0 aliphatic carbocycles.